The SMILES string of the molecule is Cc1ccccc1CC(=O)CC1CCCNC1. The maximum atomic E-state index is 12.0. The summed E-state index contributed by atoms with van der Waals surface area (Å²) in [4.78, 5) is 12.0. The van der Waals surface area contributed by atoms with Gasteiger partial charge in [-0.1, -0.05) is 24.3 Å². The number of piperidine rings is 1. The number of carbonyl (C=O) groups is 1. The van der Waals surface area contributed by atoms with Crippen LogP contribution in [-0.2, 0) is 11.2 Å². The van der Waals surface area contributed by atoms with Gasteiger partial charge in [0.05, 0.1) is 0 Å². The van der Waals surface area contributed by atoms with Crippen molar-refractivity contribution in [1.29, 1.82) is 0 Å². The molecule has 2 rings (SSSR count). The zero-order valence-electron chi connectivity index (χ0n) is 10.5. The first-order valence-electron chi connectivity index (χ1n) is 6.52. The Morgan fingerprint density at radius 2 is 2.24 bits per heavy atom. The minimum Gasteiger partial charge on any atom is -0.316 e. The highest BCUT2D eigenvalue weighted by atomic mass is 16.1. The lowest BCUT2D eigenvalue weighted by molar-refractivity contribution is -0.119. The van der Waals surface area contributed by atoms with Crippen LogP contribution in [0.2, 0.25) is 0 Å². The molecule has 0 aliphatic carbocycles. The van der Waals surface area contributed by atoms with Crippen molar-refractivity contribution in [3.05, 3.63) is 35.4 Å². The molecule has 1 heterocycles. The van der Waals surface area contributed by atoms with Gasteiger partial charge in [-0.05, 0) is 49.9 Å². The summed E-state index contributed by atoms with van der Waals surface area (Å²) in [6.07, 6.45) is 3.75. The van der Waals surface area contributed by atoms with Gasteiger partial charge in [-0.15, -0.1) is 0 Å². The molecular weight excluding hydrogens is 210 g/mol. The fourth-order valence-electron chi connectivity index (χ4n) is 2.51. The van der Waals surface area contributed by atoms with E-state index in [-0.39, 0.29) is 0 Å². The standard InChI is InChI=1S/C15H21NO/c1-12-5-2-3-7-14(12)10-15(17)9-13-6-4-8-16-11-13/h2-3,5,7,13,16H,4,6,8-11H2,1H3. The average Bonchev–Trinajstić information content (AvgIpc) is 2.33. The third-order valence-electron chi connectivity index (χ3n) is 3.56. The maximum absolute atomic E-state index is 12.0. The molecule has 2 nitrogen and oxygen atoms in total. The van der Waals surface area contributed by atoms with E-state index in [1.807, 2.05) is 12.1 Å². The molecule has 0 radical (unpaired) electrons. The number of Topliss-reactive ketones (excluding diaryl/α,β-unsaturated/α-hetero) is 1. The van der Waals surface area contributed by atoms with Crippen LogP contribution in [0.25, 0.3) is 0 Å². The summed E-state index contributed by atoms with van der Waals surface area (Å²) in [6.45, 7) is 4.20. The number of rotatable bonds is 4. The second-order valence-electron chi connectivity index (χ2n) is 5.06. The fourth-order valence-corrected chi connectivity index (χ4v) is 2.51. The Kier molecular flexibility index (Phi) is 4.32. The highest BCUT2D eigenvalue weighted by molar-refractivity contribution is 5.81. The van der Waals surface area contributed by atoms with Crippen molar-refractivity contribution in [2.24, 2.45) is 5.92 Å². The highest BCUT2D eigenvalue weighted by Gasteiger charge is 2.17. The van der Waals surface area contributed by atoms with Crippen molar-refractivity contribution in [3.8, 4) is 0 Å². The number of nitrogens with one attached hydrogen (secondary N) is 1. The normalized spacial score (nSPS) is 20.2. The molecule has 2 heteroatoms. The molecule has 92 valence electrons. The monoisotopic (exact) mass is 231 g/mol. The molecule has 1 saturated heterocycles. The molecule has 0 aromatic heterocycles. The van der Waals surface area contributed by atoms with Crippen molar-refractivity contribution in [2.75, 3.05) is 13.1 Å². The second-order valence-corrected chi connectivity index (χ2v) is 5.06. The molecule has 0 spiro atoms. The molecule has 17 heavy (non-hydrogen) atoms. The second kappa shape index (κ2) is 5.97. The van der Waals surface area contributed by atoms with Gasteiger partial charge >= 0.3 is 0 Å². The van der Waals surface area contributed by atoms with E-state index < -0.39 is 0 Å². The molecule has 1 aromatic carbocycles. The zero-order valence-corrected chi connectivity index (χ0v) is 10.5. The van der Waals surface area contributed by atoms with Gasteiger partial charge in [0, 0.05) is 12.8 Å². The lowest BCUT2D eigenvalue weighted by atomic mass is 9.91. The van der Waals surface area contributed by atoms with Crippen LogP contribution < -0.4 is 5.32 Å². The molecule has 0 saturated carbocycles. The molecule has 0 amide bonds. The number of hydrogen-bond acceptors (Lipinski definition) is 2. The first kappa shape index (κ1) is 12.3. The van der Waals surface area contributed by atoms with Crippen LogP contribution in [-0.4, -0.2) is 18.9 Å². The lowest BCUT2D eigenvalue weighted by Crippen LogP contribution is -2.31. The van der Waals surface area contributed by atoms with Crippen molar-refractivity contribution in [1.82, 2.24) is 5.32 Å². The van der Waals surface area contributed by atoms with Crippen molar-refractivity contribution in [3.63, 3.8) is 0 Å². The predicted molar refractivity (Wildman–Crippen MR) is 70.1 cm³/mol. The van der Waals surface area contributed by atoms with Crippen LogP contribution in [0.3, 0.4) is 0 Å². The van der Waals surface area contributed by atoms with E-state index in [9.17, 15) is 4.79 Å². The average molecular weight is 231 g/mol. The number of hydrogen-bond donors (Lipinski definition) is 1. The van der Waals surface area contributed by atoms with Crippen LogP contribution >= 0.6 is 0 Å². The summed E-state index contributed by atoms with van der Waals surface area (Å²) in [5.74, 6) is 0.938. The van der Waals surface area contributed by atoms with Crippen molar-refractivity contribution in [2.45, 2.75) is 32.6 Å². The van der Waals surface area contributed by atoms with Crippen LogP contribution in [0.4, 0.5) is 0 Å². The highest BCUT2D eigenvalue weighted by Crippen LogP contribution is 2.16. The molecule has 1 N–H and O–H groups in total. The van der Waals surface area contributed by atoms with Crippen LogP contribution in [0.15, 0.2) is 24.3 Å². The Hall–Kier alpha value is -1.15. The predicted octanol–water partition coefficient (Wildman–Crippen LogP) is 2.50. The van der Waals surface area contributed by atoms with E-state index in [1.54, 1.807) is 0 Å². The summed E-state index contributed by atoms with van der Waals surface area (Å²) >= 11 is 0. The summed E-state index contributed by atoms with van der Waals surface area (Å²) < 4.78 is 0. The number of aryl methyl sites for hydroxylation is 1. The molecule has 1 atom stereocenters. The van der Waals surface area contributed by atoms with Gasteiger partial charge in [-0.3, -0.25) is 4.79 Å². The van der Waals surface area contributed by atoms with Gasteiger partial charge in [-0.2, -0.15) is 0 Å². The van der Waals surface area contributed by atoms with Gasteiger partial charge in [0.1, 0.15) is 5.78 Å². The minimum atomic E-state index is 0.382. The van der Waals surface area contributed by atoms with Crippen molar-refractivity contribution >= 4 is 5.78 Å². The van der Waals surface area contributed by atoms with Gasteiger partial charge < -0.3 is 5.32 Å². The zero-order chi connectivity index (χ0) is 12.1. The Labute approximate surface area is 103 Å². The minimum absolute atomic E-state index is 0.382. The molecular formula is C15H21NO. The Morgan fingerprint density at radius 1 is 1.41 bits per heavy atom. The fraction of sp³-hybridized carbons (Fsp3) is 0.533. The molecule has 1 aliphatic rings. The van der Waals surface area contributed by atoms with Gasteiger partial charge in [-0.25, -0.2) is 0 Å². The van der Waals surface area contributed by atoms with E-state index in [2.05, 4.69) is 24.4 Å². The quantitative estimate of drug-likeness (QED) is 0.862. The largest absolute Gasteiger partial charge is 0.316 e. The molecule has 1 unspecified atom stereocenters. The topological polar surface area (TPSA) is 29.1 Å². The summed E-state index contributed by atoms with van der Waals surface area (Å²) in [6, 6.07) is 8.17. The Morgan fingerprint density at radius 3 is 2.94 bits per heavy atom. The molecule has 1 fully saturated rings. The summed E-state index contributed by atoms with van der Waals surface area (Å²) in [5, 5.41) is 3.36. The number of ketones is 1. The molecule has 0 bridgehead atoms. The van der Waals surface area contributed by atoms with Crippen molar-refractivity contribution < 1.29 is 4.79 Å². The van der Waals surface area contributed by atoms with E-state index in [1.165, 1.54) is 24.0 Å². The smallest absolute Gasteiger partial charge is 0.137 e. The molecule has 1 aliphatic heterocycles. The summed E-state index contributed by atoms with van der Waals surface area (Å²) in [5.41, 5.74) is 2.41. The number of carbonyl (C=O) groups excluding carboxylic acids is 1. The Balaban J connectivity index is 1.86. The Bertz CT molecular complexity index is 380. The number of benzene rings is 1. The van der Waals surface area contributed by atoms with Crippen LogP contribution in [0.1, 0.15) is 30.4 Å². The van der Waals surface area contributed by atoms with Crippen LogP contribution in [0.5, 0.6) is 0 Å². The first-order valence-corrected chi connectivity index (χ1v) is 6.52. The first-order chi connectivity index (χ1) is 8.25. The van der Waals surface area contributed by atoms with Crippen LogP contribution in [0, 0.1) is 12.8 Å². The van der Waals surface area contributed by atoms with E-state index in [0.717, 1.165) is 19.5 Å². The third-order valence-corrected chi connectivity index (χ3v) is 3.56. The lowest BCUT2D eigenvalue weighted by Gasteiger charge is -2.22. The third kappa shape index (κ3) is 3.67. The van der Waals surface area contributed by atoms with E-state index >= 15 is 0 Å². The van der Waals surface area contributed by atoms with E-state index in [4.69, 9.17) is 0 Å². The summed E-state index contributed by atoms with van der Waals surface area (Å²) in [7, 11) is 0. The van der Waals surface area contributed by atoms with E-state index in [0.29, 0.717) is 18.1 Å². The molecule has 1 aromatic rings. The maximum Gasteiger partial charge on any atom is 0.137 e. The van der Waals surface area contributed by atoms with Gasteiger partial charge in [0.2, 0.25) is 0 Å². The van der Waals surface area contributed by atoms with Gasteiger partial charge in [0.15, 0.2) is 0 Å². The van der Waals surface area contributed by atoms with Gasteiger partial charge in [0.25, 0.3) is 0 Å².